The summed E-state index contributed by atoms with van der Waals surface area (Å²) in [6.45, 7) is 16.7. The van der Waals surface area contributed by atoms with Gasteiger partial charge in [0, 0.05) is 43.0 Å². The fourth-order valence-corrected chi connectivity index (χ4v) is 7.26. The lowest BCUT2D eigenvalue weighted by molar-refractivity contribution is 0.0995. The molecule has 0 unspecified atom stereocenters. The van der Waals surface area contributed by atoms with Crippen LogP contribution in [0.15, 0.2) is 55.6 Å². The number of hydrogen-bond donors (Lipinski definition) is 4. The molecule has 4 aromatic heterocycles. The fraction of sp³-hybridized carbons (Fsp3) is 0.333. The van der Waals surface area contributed by atoms with Gasteiger partial charge in [0.1, 0.15) is 5.69 Å². The van der Waals surface area contributed by atoms with E-state index in [9.17, 15) is 9.59 Å². The van der Waals surface area contributed by atoms with Crippen LogP contribution in [0.2, 0.25) is 0 Å². The van der Waals surface area contributed by atoms with Crippen LogP contribution in [0, 0.1) is 13.8 Å². The second-order valence-electron chi connectivity index (χ2n) is 13.7. The first-order valence-electron chi connectivity index (χ1n) is 18.2. The van der Waals surface area contributed by atoms with Crippen LogP contribution in [0.1, 0.15) is 88.1 Å². The van der Waals surface area contributed by atoms with Crippen LogP contribution in [0.25, 0.3) is 33.5 Å². The average Bonchev–Trinajstić information content (AvgIpc) is 3.86. The van der Waals surface area contributed by atoms with Gasteiger partial charge in [-0.25, -0.2) is 9.97 Å². The van der Waals surface area contributed by atoms with Crippen molar-refractivity contribution >= 4 is 57.2 Å². The van der Waals surface area contributed by atoms with Crippen molar-refractivity contribution in [3.8, 4) is 0 Å². The largest absolute Gasteiger partial charge is 0.399 e. The third-order valence-electron chi connectivity index (χ3n) is 9.93. The van der Waals surface area contributed by atoms with Gasteiger partial charge >= 0.3 is 0 Å². The van der Waals surface area contributed by atoms with E-state index in [0.29, 0.717) is 71.8 Å². The molecule has 7 rings (SSSR count). The van der Waals surface area contributed by atoms with Crippen molar-refractivity contribution in [3.05, 3.63) is 95.1 Å². The molecule has 0 bridgehead atoms. The zero-order chi connectivity index (χ0) is 37.4. The van der Waals surface area contributed by atoms with Gasteiger partial charge in [-0.2, -0.15) is 10.2 Å². The van der Waals surface area contributed by atoms with Crippen LogP contribution < -0.4 is 22.1 Å². The van der Waals surface area contributed by atoms with E-state index in [1.54, 1.807) is 16.8 Å². The average molecular weight is 715 g/mol. The van der Waals surface area contributed by atoms with Gasteiger partial charge in [-0.05, 0) is 94.8 Å². The highest BCUT2D eigenvalue weighted by atomic mass is 16.2. The summed E-state index contributed by atoms with van der Waals surface area (Å²) in [4.78, 5) is 36.0. The van der Waals surface area contributed by atoms with Crippen molar-refractivity contribution < 1.29 is 9.59 Å². The Kier molecular flexibility index (Phi) is 9.60. The Balaban J connectivity index is 1.28. The van der Waals surface area contributed by atoms with Crippen LogP contribution in [-0.4, -0.2) is 50.5 Å². The van der Waals surface area contributed by atoms with Crippen molar-refractivity contribution in [2.75, 3.05) is 10.6 Å². The number of amides is 2. The molecule has 0 aliphatic carbocycles. The predicted octanol–water partition coefficient (Wildman–Crippen LogP) is 5.99. The number of anilines is 2. The third kappa shape index (κ3) is 6.91. The number of imidazole rings is 2. The van der Waals surface area contributed by atoms with Gasteiger partial charge in [-0.1, -0.05) is 25.6 Å². The Morgan fingerprint density at radius 3 is 2.09 bits per heavy atom. The zero-order valence-electron chi connectivity index (χ0n) is 30.6. The van der Waals surface area contributed by atoms with E-state index >= 15 is 0 Å². The maximum absolute atomic E-state index is 14.2. The van der Waals surface area contributed by atoms with Crippen LogP contribution in [-0.2, 0) is 32.6 Å². The lowest BCUT2D eigenvalue weighted by Gasteiger charge is -2.15. The minimum atomic E-state index is -0.511. The fourth-order valence-electron chi connectivity index (χ4n) is 7.26. The van der Waals surface area contributed by atoms with Gasteiger partial charge in [0.2, 0.25) is 17.8 Å². The molecule has 0 spiro atoms. The van der Waals surface area contributed by atoms with E-state index < -0.39 is 5.91 Å². The summed E-state index contributed by atoms with van der Waals surface area (Å²) in [6.07, 6.45) is 4.94. The maximum Gasteiger partial charge on any atom is 0.276 e. The molecular formula is C39H46N12O2. The lowest BCUT2D eigenvalue weighted by atomic mass is 10.0. The summed E-state index contributed by atoms with van der Waals surface area (Å²) in [6, 6.07) is 13.1. The molecular weight excluding hydrogens is 669 g/mol. The second kappa shape index (κ2) is 14.4. The first kappa shape index (κ1) is 35.2. The number of nitrogens with one attached hydrogen (secondary N) is 2. The molecule has 1 aliphatic heterocycles. The molecule has 2 aromatic carbocycles. The number of fused-ring (bicyclic) bond motifs is 8. The molecule has 0 radical (unpaired) electrons. The number of rotatable bonds is 3. The van der Waals surface area contributed by atoms with E-state index in [0.717, 1.165) is 77.8 Å². The van der Waals surface area contributed by atoms with Crippen molar-refractivity contribution in [2.24, 2.45) is 11.5 Å². The van der Waals surface area contributed by atoms with Gasteiger partial charge in [-0.15, -0.1) is 0 Å². The van der Waals surface area contributed by atoms with E-state index in [-0.39, 0.29) is 5.91 Å². The van der Waals surface area contributed by atoms with Crippen LogP contribution in [0.3, 0.4) is 0 Å². The Bertz CT molecular complexity index is 2410. The quantitative estimate of drug-likeness (QED) is 0.173. The Morgan fingerprint density at radius 1 is 0.830 bits per heavy atom. The van der Waals surface area contributed by atoms with Crippen molar-refractivity contribution in [2.45, 2.75) is 85.5 Å². The normalized spacial score (nSPS) is 14.8. The second-order valence-corrected chi connectivity index (χ2v) is 13.7. The van der Waals surface area contributed by atoms with Crippen LogP contribution in [0.5, 0.6) is 0 Å². The highest BCUT2D eigenvalue weighted by Gasteiger charge is 2.24. The third-order valence-corrected chi connectivity index (χ3v) is 9.93. The smallest absolute Gasteiger partial charge is 0.276 e. The molecule has 53 heavy (non-hydrogen) atoms. The number of carbonyl (C=O) groups is 2. The molecule has 1 aliphatic rings. The number of aromatic nitrogens is 8. The standard InChI is InChI=1S/C39H46N12O2/c1-6-50-35-29(25(4)47-50)12-8-7-9-19-51-34(20-23(2)46-51)26(5)42-38-43-31-22-28(36(41)52)14-16-33(31)48(38)17-10-11-18-49-32-15-13-27(24(3)40)21-30(32)44-39(49)45-37(35)53/h13-16,20-22H,3,5-12,17-19,40H2,1-2,4H3,(H2,41,52)(H,42,43)(H,44,45,53). The van der Waals surface area contributed by atoms with E-state index in [4.69, 9.17) is 31.6 Å². The molecule has 0 saturated heterocycles. The molecule has 0 saturated carbocycles. The molecule has 6 aromatic rings. The highest BCUT2D eigenvalue weighted by molar-refractivity contribution is 6.04. The van der Waals surface area contributed by atoms with Gasteiger partial charge in [0.15, 0.2) is 0 Å². The van der Waals surface area contributed by atoms with Crippen LogP contribution >= 0.6 is 0 Å². The molecule has 14 heteroatoms. The summed E-state index contributed by atoms with van der Waals surface area (Å²) in [5, 5.41) is 16.1. The minimum Gasteiger partial charge on any atom is -0.399 e. The van der Waals surface area contributed by atoms with E-state index in [1.165, 1.54) is 0 Å². The SMILES string of the molecule is C=C(N)c1ccc2c(c1)nc1n2CCCCn2c(nc3cc(C(N)=O)ccc32)NC(=C)c2cc(C)nn2CCCCCc2c(C)nn(CC)c2C(=O)N1. The van der Waals surface area contributed by atoms with Crippen molar-refractivity contribution in [3.63, 3.8) is 0 Å². The van der Waals surface area contributed by atoms with Gasteiger partial charge < -0.3 is 25.9 Å². The first-order valence-corrected chi connectivity index (χ1v) is 18.2. The molecule has 2 amide bonds. The molecule has 14 nitrogen and oxygen atoms in total. The lowest BCUT2D eigenvalue weighted by Crippen LogP contribution is -2.21. The predicted molar refractivity (Wildman–Crippen MR) is 208 cm³/mol. The van der Waals surface area contributed by atoms with Gasteiger partial charge in [0.25, 0.3) is 5.91 Å². The molecule has 0 atom stereocenters. The highest BCUT2D eigenvalue weighted by Crippen LogP contribution is 2.28. The summed E-state index contributed by atoms with van der Waals surface area (Å²) < 4.78 is 7.93. The summed E-state index contributed by atoms with van der Waals surface area (Å²) in [7, 11) is 0. The number of nitrogens with two attached hydrogens (primary N) is 2. The van der Waals surface area contributed by atoms with Crippen LogP contribution in [0.4, 0.5) is 11.9 Å². The Hall–Kier alpha value is -6.18. The monoisotopic (exact) mass is 714 g/mol. The van der Waals surface area contributed by atoms with Crippen molar-refractivity contribution in [1.82, 2.24) is 38.7 Å². The first-order chi connectivity index (χ1) is 25.5. The maximum atomic E-state index is 14.2. The molecule has 6 N–H and O–H groups in total. The molecule has 0 fully saturated rings. The summed E-state index contributed by atoms with van der Waals surface area (Å²) in [5.74, 6) is 0.317. The summed E-state index contributed by atoms with van der Waals surface area (Å²) in [5.41, 5.74) is 21.2. The Morgan fingerprint density at radius 2 is 1.45 bits per heavy atom. The number of hydrogen-bond acceptors (Lipinski definition) is 8. The number of benzene rings is 2. The number of nitrogens with zero attached hydrogens (tertiary/aromatic N) is 8. The van der Waals surface area contributed by atoms with Crippen molar-refractivity contribution in [1.29, 1.82) is 0 Å². The minimum absolute atomic E-state index is 0.237. The van der Waals surface area contributed by atoms with Gasteiger partial charge in [-0.3, -0.25) is 24.3 Å². The van der Waals surface area contributed by atoms with E-state index in [1.807, 2.05) is 60.4 Å². The van der Waals surface area contributed by atoms with E-state index in [2.05, 4.69) is 28.4 Å². The summed E-state index contributed by atoms with van der Waals surface area (Å²) >= 11 is 0. The number of primary amides is 1. The number of aryl methyl sites for hydroxylation is 6. The van der Waals surface area contributed by atoms with Gasteiger partial charge in [0.05, 0.1) is 44.8 Å². The topological polar surface area (TPSA) is 182 Å². The number of carbonyl (C=O) groups excluding carboxylic acids is 2. The zero-order valence-corrected chi connectivity index (χ0v) is 30.6. The Labute approximate surface area is 307 Å². The molecule has 5 heterocycles. The molecule has 274 valence electrons.